The summed E-state index contributed by atoms with van der Waals surface area (Å²) in [5, 5.41) is 0. The lowest BCUT2D eigenvalue weighted by Crippen LogP contribution is -2.49. The molecule has 0 amide bonds. The molecule has 0 aromatic carbocycles. The molecule has 0 radical (unpaired) electrons. The van der Waals surface area contributed by atoms with Gasteiger partial charge in [0.1, 0.15) is 0 Å². The number of aryl methyl sites for hydroxylation is 1. The van der Waals surface area contributed by atoms with Crippen molar-refractivity contribution in [1.82, 2.24) is 9.97 Å². The number of rotatable bonds is 4. The van der Waals surface area contributed by atoms with Crippen molar-refractivity contribution >= 4 is 5.95 Å². The number of hydrogen-bond donors (Lipinski definition) is 1. The van der Waals surface area contributed by atoms with E-state index in [2.05, 4.69) is 14.9 Å². The third-order valence-corrected chi connectivity index (χ3v) is 3.56. The van der Waals surface area contributed by atoms with Gasteiger partial charge in [-0.25, -0.2) is 4.98 Å². The zero-order chi connectivity index (χ0) is 13.8. The minimum atomic E-state index is 0.213. The maximum absolute atomic E-state index is 5.87. The highest BCUT2D eigenvalue weighted by Gasteiger charge is 2.29. The fourth-order valence-corrected chi connectivity index (χ4v) is 2.47. The molecule has 1 aromatic heterocycles. The van der Waals surface area contributed by atoms with Crippen LogP contribution in [0, 0.1) is 6.92 Å². The summed E-state index contributed by atoms with van der Waals surface area (Å²) in [6.45, 7) is 3.36. The third kappa shape index (κ3) is 3.13. The molecule has 1 aliphatic heterocycles. The van der Waals surface area contributed by atoms with Crippen molar-refractivity contribution in [3.63, 3.8) is 0 Å². The van der Waals surface area contributed by atoms with Gasteiger partial charge in [-0.3, -0.25) is 0 Å². The number of nitrogens with two attached hydrogens (primary N) is 1. The van der Waals surface area contributed by atoms with Gasteiger partial charge < -0.3 is 20.1 Å². The molecule has 0 spiro atoms. The molecule has 1 fully saturated rings. The van der Waals surface area contributed by atoms with Crippen LogP contribution in [0.3, 0.4) is 0 Å². The van der Waals surface area contributed by atoms with Crippen LogP contribution in [0.1, 0.15) is 18.5 Å². The second-order valence-electron chi connectivity index (χ2n) is 4.82. The molecule has 2 rings (SSSR count). The molecule has 6 nitrogen and oxygen atoms in total. The Balaban J connectivity index is 2.22. The number of anilines is 1. The molecule has 2 N–H and O–H groups in total. The van der Waals surface area contributed by atoms with Crippen LogP contribution < -0.4 is 15.4 Å². The van der Waals surface area contributed by atoms with Crippen LogP contribution in [-0.2, 0) is 4.74 Å². The first-order valence-corrected chi connectivity index (χ1v) is 6.57. The summed E-state index contributed by atoms with van der Waals surface area (Å²) in [6.07, 6.45) is 2.15. The van der Waals surface area contributed by atoms with Gasteiger partial charge in [0.15, 0.2) is 0 Å². The predicted molar refractivity (Wildman–Crippen MR) is 73.5 cm³/mol. The lowest BCUT2D eigenvalue weighted by atomic mass is 10.00. The first kappa shape index (κ1) is 14.0. The maximum atomic E-state index is 5.87. The second kappa shape index (κ2) is 6.16. The van der Waals surface area contributed by atoms with Gasteiger partial charge in [0, 0.05) is 38.0 Å². The highest BCUT2D eigenvalue weighted by atomic mass is 16.5. The lowest BCUT2D eigenvalue weighted by molar-refractivity contribution is 0.0705. The van der Waals surface area contributed by atoms with E-state index in [1.807, 2.05) is 13.0 Å². The zero-order valence-corrected chi connectivity index (χ0v) is 11.8. The van der Waals surface area contributed by atoms with Gasteiger partial charge in [-0.05, 0) is 19.8 Å². The topological polar surface area (TPSA) is 73.5 Å². The van der Waals surface area contributed by atoms with Crippen LogP contribution in [-0.4, -0.2) is 49.4 Å². The molecule has 0 saturated carbocycles. The van der Waals surface area contributed by atoms with Gasteiger partial charge in [-0.1, -0.05) is 0 Å². The first-order chi connectivity index (χ1) is 9.17. The molecule has 106 valence electrons. The second-order valence-corrected chi connectivity index (χ2v) is 4.82. The SMILES string of the molecule is COc1cc(C)nc(N2CCC(OC)CC2CN)n1. The van der Waals surface area contributed by atoms with E-state index in [1.165, 1.54) is 0 Å². The number of methoxy groups -OCH3 is 2. The van der Waals surface area contributed by atoms with Crippen LogP contribution in [0.25, 0.3) is 0 Å². The Bertz CT molecular complexity index is 427. The Kier molecular flexibility index (Phi) is 4.55. The van der Waals surface area contributed by atoms with Crippen molar-refractivity contribution in [2.24, 2.45) is 5.73 Å². The Hall–Kier alpha value is -1.40. The van der Waals surface area contributed by atoms with Crippen LogP contribution in [0.15, 0.2) is 6.07 Å². The molecule has 2 heterocycles. The summed E-state index contributed by atoms with van der Waals surface area (Å²) in [5.74, 6) is 1.29. The van der Waals surface area contributed by atoms with Crippen LogP contribution >= 0.6 is 0 Å². The molecule has 0 bridgehead atoms. The van der Waals surface area contributed by atoms with Gasteiger partial charge in [0.05, 0.1) is 13.2 Å². The summed E-state index contributed by atoms with van der Waals surface area (Å²) in [4.78, 5) is 11.1. The van der Waals surface area contributed by atoms with Crippen molar-refractivity contribution in [3.8, 4) is 5.88 Å². The van der Waals surface area contributed by atoms with Crippen LogP contribution in [0.5, 0.6) is 5.88 Å². The van der Waals surface area contributed by atoms with Gasteiger partial charge in [0.2, 0.25) is 11.8 Å². The predicted octanol–water partition coefficient (Wildman–Crippen LogP) is 0.736. The molecule has 2 unspecified atom stereocenters. The normalized spacial score (nSPS) is 23.5. The first-order valence-electron chi connectivity index (χ1n) is 6.57. The Morgan fingerprint density at radius 1 is 1.42 bits per heavy atom. The Morgan fingerprint density at radius 3 is 2.84 bits per heavy atom. The van der Waals surface area contributed by atoms with E-state index in [0.717, 1.165) is 25.1 Å². The minimum absolute atomic E-state index is 0.213. The van der Waals surface area contributed by atoms with Gasteiger partial charge >= 0.3 is 0 Å². The van der Waals surface area contributed by atoms with Crippen LogP contribution in [0.2, 0.25) is 0 Å². The highest BCUT2D eigenvalue weighted by Crippen LogP contribution is 2.24. The van der Waals surface area contributed by atoms with E-state index < -0.39 is 0 Å². The molecular formula is C13H22N4O2. The van der Waals surface area contributed by atoms with E-state index >= 15 is 0 Å². The van der Waals surface area contributed by atoms with Gasteiger partial charge in [-0.2, -0.15) is 4.98 Å². The average molecular weight is 266 g/mol. The summed E-state index contributed by atoms with van der Waals surface area (Å²) in [5.41, 5.74) is 6.77. The minimum Gasteiger partial charge on any atom is -0.481 e. The van der Waals surface area contributed by atoms with Gasteiger partial charge in [0.25, 0.3) is 0 Å². The summed E-state index contributed by atoms with van der Waals surface area (Å²) >= 11 is 0. The standard InChI is InChI=1S/C13H22N4O2/c1-9-6-12(19-3)16-13(15-9)17-5-4-11(18-2)7-10(17)8-14/h6,10-11H,4-5,7-8,14H2,1-3H3. The Labute approximate surface area is 113 Å². The number of piperidine rings is 1. The number of nitrogens with zero attached hydrogens (tertiary/aromatic N) is 3. The largest absolute Gasteiger partial charge is 0.481 e. The van der Waals surface area contributed by atoms with Crippen molar-refractivity contribution in [2.45, 2.75) is 31.9 Å². The highest BCUT2D eigenvalue weighted by molar-refractivity contribution is 5.36. The average Bonchev–Trinajstić information content (AvgIpc) is 2.45. The fourth-order valence-electron chi connectivity index (χ4n) is 2.47. The van der Waals surface area contributed by atoms with Crippen molar-refractivity contribution in [2.75, 3.05) is 32.2 Å². The number of ether oxygens (including phenoxy) is 2. The number of aromatic nitrogens is 2. The zero-order valence-electron chi connectivity index (χ0n) is 11.8. The summed E-state index contributed by atoms with van der Waals surface area (Å²) in [6, 6.07) is 2.04. The van der Waals surface area contributed by atoms with Crippen molar-refractivity contribution < 1.29 is 9.47 Å². The summed E-state index contributed by atoms with van der Waals surface area (Å²) in [7, 11) is 3.36. The van der Waals surface area contributed by atoms with E-state index in [4.69, 9.17) is 15.2 Å². The fraction of sp³-hybridized carbons (Fsp3) is 0.692. The third-order valence-electron chi connectivity index (χ3n) is 3.56. The monoisotopic (exact) mass is 266 g/mol. The molecule has 6 heteroatoms. The quantitative estimate of drug-likeness (QED) is 0.866. The van der Waals surface area contributed by atoms with E-state index in [-0.39, 0.29) is 12.1 Å². The lowest BCUT2D eigenvalue weighted by Gasteiger charge is -2.38. The molecule has 19 heavy (non-hydrogen) atoms. The molecule has 0 aliphatic carbocycles. The molecule has 1 aliphatic rings. The molecule has 1 saturated heterocycles. The van der Waals surface area contributed by atoms with Crippen molar-refractivity contribution in [1.29, 1.82) is 0 Å². The van der Waals surface area contributed by atoms with E-state index in [9.17, 15) is 0 Å². The maximum Gasteiger partial charge on any atom is 0.229 e. The van der Waals surface area contributed by atoms with Crippen LogP contribution in [0.4, 0.5) is 5.95 Å². The summed E-state index contributed by atoms with van der Waals surface area (Å²) < 4.78 is 10.6. The smallest absolute Gasteiger partial charge is 0.229 e. The van der Waals surface area contributed by atoms with E-state index in [0.29, 0.717) is 18.4 Å². The Morgan fingerprint density at radius 2 is 2.21 bits per heavy atom. The molecule has 2 atom stereocenters. The molecular weight excluding hydrogens is 244 g/mol. The van der Waals surface area contributed by atoms with E-state index in [1.54, 1.807) is 14.2 Å². The van der Waals surface area contributed by atoms with Crippen molar-refractivity contribution in [3.05, 3.63) is 11.8 Å². The number of hydrogen-bond acceptors (Lipinski definition) is 6. The molecule has 1 aromatic rings. The van der Waals surface area contributed by atoms with Gasteiger partial charge in [-0.15, -0.1) is 0 Å².